The van der Waals surface area contributed by atoms with Gasteiger partial charge in [-0.1, -0.05) is 0 Å². The summed E-state index contributed by atoms with van der Waals surface area (Å²) in [6.45, 7) is 2.06. The monoisotopic (exact) mass is 268 g/mol. The molecule has 1 amide bonds. The molecule has 0 radical (unpaired) electrons. The second-order valence-electron chi connectivity index (χ2n) is 4.69. The lowest BCUT2D eigenvalue weighted by Crippen LogP contribution is -2.28. The van der Waals surface area contributed by atoms with Gasteiger partial charge in [0.2, 0.25) is 0 Å². The number of anilines is 1. The predicted molar refractivity (Wildman–Crippen MR) is 77.2 cm³/mol. The molecule has 0 atom stereocenters. The fraction of sp³-hybridized carbons (Fsp3) is 0.200. The van der Waals surface area contributed by atoms with E-state index in [1.54, 1.807) is 12.4 Å². The summed E-state index contributed by atoms with van der Waals surface area (Å²) in [6, 6.07) is 9.51. The van der Waals surface area contributed by atoms with Crippen LogP contribution in [0.4, 0.5) is 5.69 Å². The second-order valence-corrected chi connectivity index (χ2v) is 4.69. The first-order valence-electron chi connectivity index (χ1n) is 6.57. The van der Waals surface area contributed by atoms with Gasteiger partial charge >= 0.3 is 0 Å². The minimum Gasteiger partial charge on any atom is -0.372 e. The van der Waals surface area contributed by atoms with Crippen LogP contribution in [-0.2, 0) is 13.1 Å². The van der Waals surface area contributed by atoms with E-state index in [0.29, 0.717) is 12.1 Å². The molecule has 0 aliphatic carbocycles. The maximum atomic E-state index is 12.1. The summed E-state index contributed by atoms with van der Waals surface area (Å²) in [7, 11) is 0. The molecule has 1 aromatic heterocycles. The number of benzene rings is 1. The fourth-order valence-electron chi connectivity index (χ4n) is 2.19. The summed E-state index contributed by atoms with van der Waals surface area (Å²) in [5, 5.41) is 9.37. The number of hydrogen-bond donors (Lipinski definition) is 3. The lowest BCUT2D eigenvalue weighted by Gasteiger charge is -2.19. The first-order valence-corrected chi connectivity index (χ1v) is 6.57. The molecule has 0 bridgehead atoms. The number of carbonyl (C=O) groups excluding carboxylic acids is 1. The minimum atomic E-state index is -0.0600. The standard InChI is InChI=1S/C15H16N4O/c20-15(18-8-11-3-5-16-6-4-11)12-1-2-14-13(7-12)9-17-10-19-14/h1-7,17,19H,8-10H2,(H,18,20). The Hall–Kier alpha value is -2.40. The van der Waals surface area contributed by atoms with E-state index in [2.05, 4.69) is 20.9 Å². The molecule has 2 aromatic rings. The van der Waals surface area contributed by atoms with Crippen LogP contribution < -0.4 is 16.0 Å². The summed E-state index contributed by atoms with van der Waals surface area (Å²) in [4.78, 5) is 16.1. The van der Waals surface area contributed by atoms with Crippen LogP contribution in [0.25, 0.3) is 0 Å². The highest BCUT2D eigenvalue weighted by Crippen LogP contribution is 2.19. The van der Waals surface area contributed by atoms with Gasteiger partial charge in [0.15, 0.2) is 0 Å². The number of aromatic nitrogens is 1. The van der Waals surface area contributed by atoms with Crippen molar-refractivity contribution in [3.05, 3.63) is 59.4 Å². The molecule has 102 valence electrons. The Morgan fingerprint density at radius 2 is 2.10 bits per heavy atom. The maximum Gasteiger partial charge on any atom is 0.251 e. The predicted octanol–water partition coefficient (Wildman–Crippen LogP) is 1.48. The van der Waals surface area contributed by atoms with Gasteiger partial charge < -0.3 is 10.6 Å². The van der Waals surface area contributed by atoms with Crippen LogP contribution >= 0.6 is 0 Å². The molecular formula is C15H16N4O. The van der Waals surface area contributed by atoms with E-state index >= 15 is 0 Å². The smallest absolute Gasteiger partial charge is 0.251 e. The quantitative estimate of drug-likeness (QED) is 0.789. The summed E-state index contributed by atoms with van der Waals surface area (Å²) in [5.74, 6) is -0.0600. The molecule has 0 unspecified atom stereocenters. The topological polar surface area (TPSA) is 66.0 Å². The van der Waals surface area contributed by atoms with Gasteiger partial charge in [-0.05, 0) is 41.5 Å². The highest BCUT2D eigenvalue weighted by atomic mass is 16.1. The maximum absolute atomic E-state index is 12.1. The van der Waals surface area contributed by atoms with Gasteiger partial charge in [0.25, 0.3) is 5.91 Å². The van der Waals surface area contributed by atoms with E-state index in [9.17, 15) is 4.79 Å². The summed E-state index contributed by atoms with van der Waals surface area (Å²) in [5.41, 5.74) is 3.93. The Labute approximate surface area is 117 Å². The number of nitrogens with one attached hydrogen (secondary N) is 3. The van der Waals surface area contributed by atoms with Crippen molar-refractivity contribution in [1.29, 1.82) is 0 Å². The van der Waals surface area contributed by atoms with Gasteiger partial charge in [-0.2, -0.15) is 0 Å². The van der Waals surface area contributed by atoms with Crippen LogP contribution in [-0.4, -0.2) is 17.6 Å². The molecule has 0 saturated carbocycles. The molecule has 5 nitrogen and oxygen atoms in total. The zero-order valence-electron chi connectivity index (χ0n) is 11.0. The van der Waals surface area contributed by atoms with E-state index in [-0.39, 0.29) is 5.91 Å². The molecule has 2 heterocycles. The van der Waals surface area contributed by atoms with Crippen molar-refractivity contribution >= 4 is 11.6 Å². The Balaban J connectivity index is 1.68. The van der Waals surface area contributed by atoms with Crippen LogP contribution in [0.2, 0.25) is 0 Å². The number of fused-ring (bicyclic) bond motifs is 1. The minimum absolute atomic E-state index is 0.0600. The number of hydrogen-bond acceptors (Lipinski definition) is 4. The molecule has 1 aliphatic heterocycles. The lowest BCUT2D eigenvalue weighted by molar-refractivity contribution is 0.0951. The van der Waals surface area contributed by atoms with Gasteiger partial charge in [0.1, 0.15) is 0 Å². The van der Waals surface area contributed by atoms with Crippen molar-refractivity contribution in [2.45, 2.75) is 13.1 Å². The molecule has 3 rings (SSSR count). The largest absolute Gasteiger partial charge is 0.372 e. The van der Waals surface area contributed by atoms with E-state index in [4.69, 9.17) is 0 Å². The van der Waals surface area contributed by atoms with Crippen molar-refractivity contribution in [2.75, 3.05) is 12.0 Å². The molecule has 3 N–H and O–H groups in total. The molecule has 0 saturated heterocycles. The first-order chi connectivity index (χ1) is 9.83. The van der Waals surface area contributed by atoms with Gasteiger partial charge in [-0.3, -0.25) is 15.1 Å². The summed E-state index contributed by atoms with van der Waals surface area (Å²) >= 11 is 0. The van der Waals surface area contributed by atoms with Crippen LogP contribution in [0.1, 0.15) is 21.5 Å². The van der Waals surface area contributed by atoms with Crippen LogP contribution in [0.15, 0.2) is 42.7 Å². The van der Waals surface area contributed by atoms with Crippen LogP contribution in [0.3, 0.4) is 0 Å². The first kappa shape index (κ1) is 12.6. The normalized spacial score (nSPS) is 13.2. The van der Waals surface area contributed by atoms with Crippen molar-refractivity contribution in [1.82, 2.24) is 15.6 Å². The zero-order valence-corrected chi connectivity index (χ0v) is 11.0. The van der Waals surface area contributed by atoms with Crippen LogP contribution in [0.5, 0.6) is 0 Å². The fourth-order valence-corrected chi connectivity index (χ4v) is 2.19. The van der Waals surface area contributed by atoms with E-state index in [0.717, 1.165) is 30.0 Å². The van der Waals surface area contributed by atoms with Gasteiger partial charge in [0, 0.05) is 36.7 Å². The molecule has 1 aliphatic rings. The number of amides is 1. The van der Waals surface area contributed by atoms with Gasteiger partial charge in [-0.25, -0.2) is 0 Å². The second kappa shape index (κ2) is 5.71. The molecule has 20 heavy (non-hydrogen) atoms. The molecule has 0 fully saturated rings. The average Bonchev–Trinajstić information content (AvgIpc) is 2.53. The SMILES string of the molecule is O=C(NCc1ccncc1)c1ccc2c(c1)CNCN2. The van der Waals surface area contributed by atoms with E-state index in [1.165, 1.54) is 0 Å². The van der Waals surface area contributed by atoms with E-state index < -0.39 is 0 Å². The van der Waals surface area contributed by atoms with Crippen molar-refractivity contribution < 1.29 is 4.79 Å². The highest BCUT2D eigenvalue weighted by molar-refractivity contribution is 5.94. The summed E-state index contributed by atoms with van der Waals surface area (Å²) < 4.78 is 0. The van der Waals surface area contributed by atoms with E-state index in [1.807, 2.05) is 30.3 Å². The van der Waals surface area contributed by atoms with Crippen molar-refractivity contribution in [3.8, 4) is 0 Å². The Morgan fingerprint density at radius 3 is 2.95 bits per heavy atom. The Bertz CT molecular complexity index is 613. The van der Waals surface area contributed by atoms with Gasteiger partial charge in [0.05, 0.1) is 6.67 Å². The Morgan fingerprint density at radius 1 is 1.25 bits per heavy atom. The average molecular weight is 268 g/mol. The third-order valence-corrected chi connectivity index (χ3v) is 3.29. The number of carbonyl (C=O) groups is 1. The molecule has 5 heteroatoms. The zero-order chi connectivity index (χ0) is 13.8. The molecule has 1 aromatic carbocycles. The third-order valence-electron chi connectivity index (χ3n) is 3.29. The van der Waals surface area contributed by atoms with Crippen molar-refractivity contribution in [3.63, 3.8) is 0 Å². The number of pyridine rings is 1. The Kier molecular flexibility index (Phi) is 3.60. The van der Waals surface area contributed by atoms with Crippen molar-refractivity contribution in [2.24, 2.45) is 0 Å². The lowest BCUT2D eigenvalue weighted by atomic mass is 10.1. The number of rotatable bonds is 3. The third kappa shape index (κ3) is 2.78. The number of nitrogens with zero attached hydrogens (tertiary/aromatic N) is 1. The summed E-state index contributed by atoms with van der Waals surface area (Å²) in [6.07, 6.45) is 3.44. The molecule has 0 spiro atoms. The van der Waals surface area contributed by atoms with Crippen LogP contribution in [0, 0.1) is 0 Å². The molecular weight excluding hydrogens is 252 g/mol. The van der Waals surface area contributed by atoms with Gasteiger partial charge in [-0.15, -0.1) is 0 Å². The highest BCUT2D eigenvalue weighted by Gasteiger charge is 2.11.